The van der Waals surface area contributed by atoms with Crippen LogP contribution in [0.1, 0.15) is 26.7 Å². The van der Waals surface area contributed by atoms with Crippen LogP contribution >= 0.6 is 11.6 Å². The largest absolute Gasteiger partial charge is 0.458 e. The highest BCUT2D eigenvalue weighted by Crippen LogP contribution is 2.19. The van der Waals surface area contributed by atoms with Crippen molar-refractivity contribution >= 4 is 17.5 Å². The number of anilines is 1. The summed E-state index contributed by atoms with van der Waals surface area (Å²) in [7, 11) is 0. The maximum Gasteiger partial charge on any atom is 0.322 e. The number of halogens is 1. The highest BCUT2D eigenvalue weighted by molar-refractivity contribution is 6.28. The number of nitrogens with zero attached hydrogens (tertiary/aromatic N) is 4. The van der Waals surface area contributed by atoms with E-state index < -0.39 is 0 Å². The van der Waals surface area contributed by atoms with E-state index in [1.807, 2.05) is 13.8 Å². The van der Waals surface area contributed by atoms with Crippen LogP contribution in [0.15, 0.2) is 0 Å². The quantitative estimate of drug-likeness (QED) is 0.796. The van der Waals surface area contributed by atoms with Gasteiger partial charge in [0.25, 0.3) is 0 Å². The van der Waals surface area contributed by atoms with Gasteiger partial charge in [-0.25, -0.2) is 0 Å². The standard InChI is InChI=1S/C12H19ClN4O2/c1-3-18-8-9(2)19-12-15-10(13)14-11(16-12)17-6-4-5-7-17/h9H,3-8H2,1-2H3. The molecule has 1 aliphatic rings. The predicted octanol–water partition coefficient (Wildman–Crippen LogP) is 1.93. The molecule has 0 aromatic carbocycles. The number of hydrogen-bond donors (Lipinski definition) is 0. The average molecular weight is 287 g/mol. The van der Waals surface area contributed by atoms with Gasteiger partial charge in [0.15, 0.2) is 0 Å². The molecule has 0 radical (unpaired) electrons. The lowest BCUT2D eigenvalue weighted by atomic mass is 10.4. The van der Waals surface area contributed by atoms with Crippen molar-refractivity contribution in [3.05, 3.63) is 5.28 Å². The van der Waals surface area contributed by atoms with Crippen LogP contribution in [-0.4, -0.2) is 47.4 Å². The lowest BCUT2D eigenvalue weighted by molar-refractivity contribution is 0.0606. The first-order valence-corrected chi connectivity index (χ1v) is 6.97. The van der Waals surface area contributed by atoms with Crippen LogP contribution in [0.2, 0.25) is 5.28 Å². The zero-order chi connectivity index (χ0) is 13.7. The van der Waals surface area contributed by atoms with Gasteiger partial charge in [-0.15, -0.1) is 0 Å². The SMILES string of the molecule is CCOCC(C)Oc1nc(Cl)nc(N2CCCC2)n1. The summed E-state index contributed by atoms with van der Waals surface area (Å²) in [6.45, 7) is 6.91. The second kappa shape index (κ2) is 6.86. The van der Waals surface area contributed by atoms with E-state index in [1.165, 1.54) is 0 Å². The van der Waals surface area contributed by atoms with Crippen molar-refractivity contribution < 1.29 is 9.47 Å². The van der Waals surface area contributed by atoms with Crippen LogP contribution < -0.4 is 9.64 Å². The van der Waals surface area contributed by atoms with E-state index in [1.54, 1.807) is 0 Å². The van der Waals surface area contributed by atoms with Gasteiger partial charge in [0.05, 0.1) is 6.61 Å². The van der Waals surface area contributed by atoms with Crippen molar-refractivity contribution in [2.75, 3.05) is 31.2 Å². The smallest absolute Gasteiger partial charge is 0.322 e. The van der Waals surface area contributed by atoms with E-state index in [9.17, 15) is 0 Å². The Kier molecular flexibility index (Phi) is 5.15. The second-order valence-corrected chi connectivity index (χ2v) is 4.81. The molecule has 1 aromatic heterocycles. The minimum atomic E-state index is -0.121. The van der Waals surface area contributed by atoms with Gasteiger partial charge in [-0.05, 0) is 38.3 Å². The van der Waals surface area contributed by atoms with E-state index >= 15 is 0 Å². The molecule has 1 saturated heterocycles. The Bertz CT molecular complexity index is 413. The van der Waals surface area contributed by atoms with Crippen LogP contribution in [0.5, 0.6) is 6.01 Å². The van der Waals surface area contributed by atoms with Gasteiger partial charge < -0.3 is 14.4 Å². The van der Waals surface area contributed by atoms with Crippen LogP contribution in [0.4, 0.5) is 5.95 Å². The third kappa shape index (κ3) is 4.18. The summed E-state index contributed by atoms with van der Waals surface area (Å²) < 4.78 is 10.9. The van der Waals surface area contributed by atoms with Crippen LogP contribution in [0, 0.1) is 0 Å². The third-order valence-corrected chi connectivity index (χ3v) is 3.00. The molecule has 0 amide bonds. The van der Waals surface area contributed by atoms with Gasteiger partial charge >= 0.3 is 6.01 Å². The molecule has 19 heavy (non-hydrogen) atoms. The molecule has 1 aliphatic heterocycles. The van der Waals surface area contributed by atoms with Crippen LogP contribution in [-0.2, 0) is 4.74 Å². The monoisotopic (exact) mass is 286 g/mol. The zero-order valence-corrected chi connectivity index (χ0v) is 12.1. The lowest BCUT2D eigenvalue weighted by Gasteiger charge is -2.17. The van der Waals surface area contributed by atoms with Gasteiger partial charge in [0.1, 0.15) is 6.10 Å². The molecule has 0 saturated carbocycles. The Labute approximate surface area is 118 Å². The summed E-state index contributed by atoms with van der Waals surface area (Å²) in [5.74, 6) is 0.594. The number of aromatic nitrogens is 3. The summed E-state index contributed by atoms with van der Waals surface area (Å²) in [5.41, 5.74) is 0. The molecule has 2 rings (SSSR count). The first kappa shape index (κ1) is 14.3. The highest BCUT2D eigenvalue weighted by atomic mass is 35.5. The van der Waals surface area contributed by atoms with Gasteiger partial charge in [0, 0.05) is 19.7 Å². The Hall–Kier alpha value is -1.14. The molecule has 0 aliphatic carbocycles. The first-order valence-electron chi connectivity index (χ1n) is 6.60. The highest BCUT2D eigenvalue weighted by Gasteiger charge is 2.18. The molecule has 2 heterocycles. The van der Waals surface area contributed by atoms with E-state index in [0.29, 0.717) is 19.2 Å². The fourth-order valence-corrected chi connectivity index (χ4v) is 2.08. The maximum absolute atomic E-state index is 5.92. The number of ether oxygens (including phenoxy) is 2. The van der Waals surface area contributed by atoms with Crippen molar-refractivity contribution in [1.29, 1.82) is 0 Å². The number of hydrogen-bond acceptors (Lipinski definition) is 6. The topological polar surface area (TPSA) is 60.4 Å². The Balaban J connectivity index is 2.03. The van der Waals surface area contributed by atoms with E-state index in [2.05, 4.69) is 19.9 Å². The third-order valence-electron chi connectivity index (χ3n) is 2.83. The minimum absolute atomic E-state index is 0.121. The molecule has 7 heteroatoms. The molecule has 0 N–H and O–H groups in total. The molecule has 6 nitrogen and oxygen atoms in total. The van der Waals surface area contributed by atoms with E-state index in [4.69, 9.17) is 21.1 Å². The summed E-state index contributed by atoms with van der Waals surface area (Å²) in [6, 6.07) is 0.258. The van der Waals surface area contributed by atoms with Gasteiger partial charge in [-0.1, -0.05) is 0 Å². The fraction of sp³-hybridized carbons (Fsp3) is 0.750. The van der Waals surface area contributed by atoms with Gasteiger partial charge in [0.2, 0.25) is 11.2 Å². The predicted molar refractivity (Wildman–Crippen MR) is 72.9 cm³/mol. The van der Waals surface area contributed by atoms with Crippen LogP contribution in [0.25, 0.3) is 0 Å². The first-order chi connectivity index (χ1) is 9.19. The second-order valence-electron chi connectivity index (χ2n) is 4.47. The lowest BCUT2D eigenvalue weighted by Crippen LogP contribution is -2.23. The fourth-order valence-electron chi connectivity index (χ4n) is 1.93. The van der Waals surface area contributed by atoms with Crippen molar-refractivity contribution in [2.45, 2.75) is 32.8 Å². The average Bonchev–Trinajstić information content (AvgIpc) is 2.89. The molecule has 1 fully saturated rings. The number of rotatable bonds is 6. The Morgan fingerprint density at radius 1 is 1.26 bits per heavy atom. The molecular weight excluding hydrogens is 268 g/mol. The van der Waals surface area contributed by atoms with Crippen molar-refractivity contribution in [2.24, 2.45) is 0 Å². The molecule has 1 atom stereocenters. The minimum Gasteiger partial charge on any atom is -0.458 e. The van der Waals surface area contributed by atoms with Crippen molar-refractivity contribution in [3.8, 4) is 6.01 Å². The molecule has 1 unspecified atom stereocenters. The van der Waals surface area contributed by atoms with Gasteiger partial charge in [-0.3, -0.25) is 0 Å². The molecule has 0 spiro atoms. The van der Waals surface area contributed by atoms with Crippen LogP contribution in [0.3, 0.4) is 0 Å². The normalized spacial score (nSPS) is 16.7. The van der Waals surface area contributed by atoms with Crippen molar-refractivity contribution in [3.63, 3.8) is 0 Å². The van der Waals surface area contributed by atoms with E-state index in [-0.39, 0.29) is 17.4 Å². The summed E-state index contributed by atoms with van der Waals surface area (Å²) >= 11 is 5.92. The summed E-state index contributed by atoms with van der Waals surface area (Å²) in [4.78, 5) is 14.5. The molecule has 106 valence electrons. The molecule has 0 bridgehead atoms. The summed E-state index contributed by atoms with van der Waals surface area (Å²) in [6.07, 6.45) is 2.19. The summed E-state index contributed by atoms with van der Waals surface area (Å²) in [5, 5.41) is 0.163. The Morgan fingerprint density at radius 2 is 2.00 bits per heavy atom. The molecule has 1 aromatic rings. The van der Waals surface area contributed by atoms with Crippen molar-refractivity contribution in [1.82, 2.24) is 15.0 Å². The van der Waals surface area contributed by atoms with E-state index in [0.717, 1.165) is 25.9 Å². The maximum atomic E-state index is 5.92. The van der Waals surface area contributed by atoms with Gasteiger partial charge in [-0.2, -0.15) is 15.0 Å². The Morgan fingerprint density at radius 3 is 2.68 bits per heavy atom. The zero-order valence-electron chi connectivity index (χ0n) is 11.3. The molecular formula is C12H19ClN4O2.